The average molecular weight is 373 g/mol. The van der Waals surface area contributed by atoms with E-state index in [-0.39, 0.29) is 23.4 Å². The number of amides is 1. The summed E-state index contributed by atoms with van der Waals surface area (Å²) in [5, 5.41) is 7.22. The van der Waals surface area contributed by atoms with Gasteiger partial charge in [0.2, 0.25) is 5.88 Å². The van der Waals surface area contributed by atoms with Gasteiger partial charge in [0.1, 0.15) is 5.82 Å². The first kappa shape index (κ1) is 19.1. The van der Waals surface area contributed by atoms with E-state index in [0.29, 0.717) is 12.1 Å². The average Bonchev–Trinajstić information content (AvgIpc) is 2.68. The standard InChI is InChI=1S/C20H24FN3O3/c1-2-17(20(26)22-15-6-4-3-5-7-15)27-18-12-13-19(25)24(23-18)16-10-8-14(21)9-11-16/h8-13,15,17H,2-7H2,1H3,(H,22,26). The van der Waals surface area contributed by atoms with E-state index in [1.165, 1.54) is 42.8 Å². The molecule has 1 unspecified atom stereocenters. The van der Waals surface area contributed by atoms with E-state index in [9.17, 15) is 14.0 Å². The molecule has 27 heavy (non-hydrogen) atoms. The molecule has 0 saturated heterocycles. The van der Waals surface area contributed by atoms with Crippen LogP contribution in [0, 0.1) is 5.82 Å². The summed E-state index contributed by atoms with van der Waals surface area (Å²) in [6, 6.07) is 8.38. The minimum Gasteiger partial charge on any atom is -0.463 e. The fourth-order valence-electron chi connectivity index (χ4n) is 3.23. The number of carbonyl (C=O) groups is 1. The van der Waals surface area contributed by atoms with Crippen molar-refractivity contribution >= 4 is 5.91 Å². The highest BCUT2D eigenvalue weighted by atomic mass is 19.1. The van der Waals surface area contributed by atoms with Crippen LogP contribution in [0.4, 0.5) is 4.39 Å². The fourth-order valence-corrected chi connectivity index (χ4v) is 3.23. The number of benzene rings is 1. The predicted octanol–water partition coefficient (Wildman–Crippen LogP) is 2.98. The normalized spacial score (nSPS) is 15.9. The number of aromatic nitrogens is 2. The second kappa shape index (κ2) is 8.79. The van der Waals surface area contributed by atoms with Gasteiger partial charge in [-0.25, -0.2) is 4.39 Å². The number of hydrogen-bond donors (Lipinski definition) is 1. The Morgan fingerprint density at radius 3 is 2.59 bits per heavy atom. The van der Waals surface area contributed by atoms with Crippen LogP contribution in [0.3, 0.4) is 0 Å². The van der Waals surface area contributed by atoms with E-state index >= 15 is 0 Å². The van der Waals surface area contributed by atoms with Crippen LogP contribution in [0.25, 0.3) is 5.69 Å². The summed E-state index contributed by atoms with van der Waals surface area (Å²) in [4.78, 5) is 24.6. The smallest absolute Gasteiger partial charge is 0.271 e. The molecule has 0 radical (unpaired) electrons. The van der Waals surface area contributed by atoms with Crippen molar-refractivity contribution in [3.8, 4) is 11.6 Å². The monoisotopic (exact) mass is 373 g/mol. The van der Waals surface area contributed by atoms with Gasteiger partial charge in [-0.1, -0.05) is 26.2 Å². The molecule has 0 aliphatic heterocycles. The summed E-state index contributed by atoms with van der Waals surface area (Å²) in [6.07, 6.45) is 5.27. The topological polar surface area (TPSA) is 73.2 Å². The van der Waals surface area contributed by atoms with Crippen LogP contribution in [0.2, 0.25) is 0 Å². The highest BCUT2D eigenvalue weighted by Gasteiger charge is 2.23. The summed E-state index contributed by atoms with van der Waals surface area (Å²) < 4.78 is 20.0. The molecular formula is C20H24FN3O3. The fraction of sp³-hybridized carbons (Fsp3) is 0.450. The molecule has 0 spiro atoms. The van der Waals surface area contributed by atoms with Crippen molar-refractivity contribution in [1.29, 1.82) is 0 Å². The highest BCUT2D eigenvalue weighted by molar-refractivity contribution is 5.81. The van der Waals surface area contributed by atoms with Gasteiger partial charge in [0.15, 0.2) is 6.10 Å². The molecule has 1 amide bonds. The predicted molar refractivity (Wildman–Crippen MR) is 99.5 cm³/mol. The van der Waals surface area contributed by atoms with Crippen LogP contribution >= 0.6 is 0 Å². The van der Waals surface area contributed by atoms with Gasteiger partial charge in [-0.15, -0.1) is 5.10 Å². The molecule has 1 fully saturated rings. The summed E-state index contributed by atoms with van der Waals surface area (Å²) in [5.41, 5.74) is 0.0558. The van der Waals surface area contributed by atoms with Gasteiger partial charge in [-0.2, -0.15) is 4.68 Å². The molecule has 3 rings (SSSR count). The summed E-state index contributed by atoms with van der Waals surface area (Å²) in [6.45, 7) is 1.86. The minimum absolute atomic E-state index is 0.161. The zero-order valence-electron chi connectivity index (χ0n) is 15.4. The first-order valence-electron chi connectivity index (χ1n) is 9.40. The van der Waals surface area contributed by atoms with E-state index in [4.69, 9.17) is 4.74 Å². The molecule has 6 nitrogen and oxygen atoms in total. The zero-order valence-corrected chi connectivity index (χ0v) is 15.4. The molecule has 1 aliphatic carbocycles. The lowest BCUT2D eigenvalue weighted by Gasteiger charge is -2.25. The van der Waals surface area contributed by atoms with Gasteiger partial charge < -0.3 is 10.1 Å². The molecular weight excluding hydrogens is 349 g/mol. The lowest BCUT2D eigenvalue weighted by Crippen LogP contribution is -2.44. The molecule has 2 aromatic rings. The van der Waals surface area contributed by atoms with Crippen molar-refractivity contribution < 1.29 is 13.9 Å². The number of nitrogens with zero attached hydrogens (tertiary/aromatic N) is 2. The van der Waals surface area contributed by atoms with E-state index in [2.05, 4.69) is 10.4 Å². The number of hydrogen-bond acceptors (Lipinski definition) is 4. The Morgan fingerprint density at radius 2 is 1.93 bits per heavy atom. The number of nitrogens with one attached hydrogen (secondary N) is 1. The molecule has 1 aromatic heterocycles. The minimum atomic E-state index is -0.682. The van der Waals surface area contributed by atoms with E-state index in [1.54, 1.807) is 0 Å². The number of halogens is 1. The van der Waals surface area contributed by atoms with Gasteiger partial charge in [0.25, 0.3) is 11.5 Å². The highest BCUT2D eigenvalue weighted by Crippen LogP contribution is 2.18. The Kier molecular flexibility index (Phi) is 6.21. The first-order valence-corrected chi connectivity index (χ1v) is 9.40. The van der Waals surface area contributed by atoms with Gasteiger partial charge in [0.05, 0.1) is 5.69 Å². The zero-order chi connectivity index (χ0) is 19.2. The van der Waals surface area contributed by atoms with Crippen molar-refractivity contribution in [2.45, 2.75) is 57.6 Å². The molecule has 1 aromatic carbocycles. The Hall–Kier alpha value is -2.70. The number of carbonyl (C=O) groups excluding carboxylic acids is 1. The van der Waals surface area contributed by atoms with Crippen LogP contribution in [0.5, 0.6) is 5.88 Å². The van der Waals surface area contributed by atoms with Gasteiger partial charge in [-0.3, -0.25) is 9.59 Å². The van der Waals surface area contributed by atoms with E-state index in [1.807, 2.05) is 6.92 Å². The third kappa shape index (κ3) is 4.93. The Labute approximate surface area is 157 Å². The largest absolute Gasteiger partial charge is 0.463 e. The quantitative estimate of drug-likeness (QED) is 0.845. The molecule has 1 saturated carbocycles. The second-order valence-corrected chi connectivity index (χ2v) is 6.76. The van der Waals surface area contributed by atoms with Crippen molar-refractivity contribution in [2.24, 2.45) is 0 Å². The lowest BCUT2D eigenvalue weighted by molar-refractivity contribution is -0.129. The third-order valence-electron chi connectivity index (χ3n) is 4.72. The maximum Gasteiger partial charge on any atom is 0.271 e. The van der Waals surface area contributed by atoms with Crippen molar-refractivity contribution in [2.75, 3.05) is 0 Å². The molecule has 7 heteroatoms. The Bertz CT molecular complexity index is 829. The van der Waals surface area contributed by atoms with Crippen LogP contribution in [0.15, 0.2) is 41.2 Å². The van der Waals surface area contributed by atoms with Crippen LogP contribution < -0.4 is 15.6 Å². The third-order valence-corrected chi connectivity index (χ3v) is 4.72. The SMILES string of the molecule is CCC(Oc1ccc(=O)n(-c2ccc(F)cc2)n1)C(=O)NC1CCCCC1. The molecule has 144 valence electrons. The van der Waals surface area contributed by atoms with Crippen LogP contribution in [-0.2, 0) is 4.79 Å². The van der Waals surface area contributed by atoms with E-state index < -0.39 is 11.9 Å². The molecule has 1 N–H and O–H groups in total. The van der Waals surface area contributed by atoms with Crippen molar-refractivity contribution in [1.82, 2.24) is 15.1 Å². The number of ether oxygens (including phenoxy) is 1. The van der Waals surface area contributed by atoms with Gasteiger partial charge >= 0.3 is 0 Å². The van der Waals surface area contributed by atoms with Crippen molar-refractivity contribution in [3.63, 3.8) is 0 Å². The maximum absolute atomic E-state index is 13.1. The van der Waals surface area contributed by atoms with Crippen LogP contribution in [0.1, 0.15) is 45.4 Å². The van der Waals surface area contributed by atoms with Crippen molar-refractivity contribution in [3.05, 3.63) is 52.6 Å². The van der Waals surface area contributed by atoms with E-state index in [0.717, 1.165) is 30.4 Å². The molecule has 1 heterocycles. The second-order valence-electron chi connectivity index (χ2n) is 6.76. The van der Waals surface area contributed by atoms with Gasteiger partial charge in [-0.05, 0) is 43.5 Å². The summed E-state index contributed by atoms with van der Waals surface area (Å²) >= 11 is 0. The molecule has 0 bridgehead atoms. The number of rotatable bonds is 6. The molecule has 1 aliphatic rings. The Balaban J connectivity index is 1.73. The first-order chi connectivity index (χ1) is 13.1. The van der Waals surface area contributed by atoms with Gasteiger partial charge in [0, 0.05) is 18.2 Å². The molecule has 1 atom stereocenters. The van der Waals surface area contributed by atoms with Crippen LogP contribution in [-0.4, -0.2) is 27.8 Å². The maximum atomic E-state index is 13.1. The lowest BCUT2D eigenvalue weighted by atomic mass is 9.95. The summed E-state index contributed by atoms with van der Waals surface area (Å²) in [5.74, 6) is -0.389. The Morgan fingerprint density at radius 1 is 1.22 bits per heavy atom. The summed E-state index contributed by atoms with van der Waals surface area (Å²) in [7, 11) is 0.